The van der Waals surface area contributed by atoms with E-state index in [1.54, 1.807) is 11.9 Å². The van der Waals surface area contributed by atoms with Crippen molar-refractivity contribution >= 4 is 40.3 Å². The van der Waals surface area contributed by atoms with Gasteiger partial charge in [0.25, 0.3) is 5.91 Å². The summed E-state index contributed by atoms with van der Waals surface area (Å²) in [6.45, 7) is 10.2. The number of fused-ring (bicyclic) bond motifs is 1. The Balaban J connectivity index is 1.65. The largest absolute Gasteiger partial charge is 0.366 e. The Labute approximate surface area is 183 Å². The smallest absolute Gasteiger partial charge is 0.266 e. The Morgan fingerprint density at radius 3 is 2.63 bits per heavy atom. The highest BCUT2D eigenvalue weighted by molar-refractivity contribution is 8.18. The van der Waals surface area contributed by atoms with Gasteiger partial charge in [-0.05, 0) is 86.3 Å². The third-order valence-electron chi connectivity index (χ3n) is 6.01. The fourth-order valence-electron chi connectivity index (χ4n) is 4.61. The lowest BCUT2D eigenvalue weighted by atomic mass is 9.79. The molecule has 30 heavy (non-hydrogen) atoms. The van der Waals surface area contributed by atoms with Gasteiger partial charge in [0.2, 0.25) is 0 Å². The van der Waals surface area contributed by atoms with E-state index >= 15 is 0 Å². The van der Waals surface area contributed by atoms with Crippen molar-refractivity contribution in [2.24, 2.45) is 4.99 Å². The first-order chi connectivity index (χ1) is 14.3. The quantitative estimate of drug-likeness (QED) is 0.570. The number of para-hydroxylation sites is 1. The van der Waals surface area contributed by atoms with Crippen LogP contribution in [-0.2, 0) is 4.79 Å². The first kappa shape index (κ1) is 20.7. The topological polar surface area (TPSA) is 35.9 Å². The van der Waals surface area contributed by atoms with Gasteiger partial charge in [-0.15, -0.1) is 0 Å². The summed E-state index contributed by atoms with van der Waals surface area (Å²) in [5.74, 6) is 0.484. The van der Waals surface area contributed by atoms with Crippen molar-refractivity contribution in [1.82, 2.24) is 4.90 Å². The number of likely N-dealkylation sites (N-methyl/N-ethyl adjacent to an activating group) is 1. The summed E-state index contributed by atoms with van der Waals surface area (Å²) >= 11 is 1.44. The summed E-state index contributed by atoms with van der Waals surface area (Å²) in [6.07, 6.45) is 3.12. The second-order valence-electron chi connectivity index (χ2n) is 8.68. The van der Waals surface area contributed by atoms with E-state index in [0.717, 1.165) is 24.2 Å². The zero-order chi connectivity index (χ0) is 21.5. The van der Waals surface area contributed by atoms with Gasteiger partial charge in [-0.2, -0.15) is 0 Å². The Morgan fingerprint density at radius 1 is 1.20 bits per heavy atom. The second kappa shape index (κ2) is 7.95. The molecule has 1 atom stereocenters. The number of aliphatic imine (C=N–C) groups is 1. The first-order valence-electron chi connectivity index (χ1n) is 10.5. The lowest BCUT2D eigenvalue weighted by Crippen LogP contribution is -2.48. The monoisotopic (exact) mass is 419 g/mol. The van der Waals surface area contributed by atoms with Crippen LogP contribution >= 0.6 is 11.8 Å². The van der Waals surface area contributed by atoms with E-state index in [4.69, 9.17) is 0 Å². The third kappa shape index (κ3) is 3.79. The van der Waals surface area contributed by atoms with Crippen molar-refractivity contribution < 1.29 is 4.79 Å². The number of benzene rings is 2. The standard InChI is InChI=1S/C25H29N3OS/c1-6-28-21-13-12-18(14-20(21)17(2)16-25(28,3)4)15-22-23(29)27(5)24(30-22)26-19-10-8-7-9-11-19/h7-15,17H,6,16H2,1-5H3/b22-15-,26-24?. The van der Waals surface area contributed by atoms with Crippen LogP contribution in [0.3, 0.4) is 0 Å². The van der Waals surface area contributed by atoms with Crippen molar-refractivity contribution in [3.05, 3.63) is 64.6 Å². The van der Waals surface area contributed by atoms with Crippen LogP contribution in [0.25, 0.3) is 6.08 Å². The number of nitrogens with zero attached hydrogens (tertiary/aromatic N) is 3. The Hall–Kier alpha value is -2.53. The molecule has 1 amide bonds. The molecular formula is C25H29N3OS. The molecule has 2 heterocycles. The van der Waals surface area contributed by atoms with Crippen LogP contribution in [0, 0.1) is 0 Å². The van der Waals surface area contributed by atoms with Crippen molar-refractivity contribution in [2.45, 2.75) is 45.6 Å². The maximum Gasteiger partial charge on any atom is 0.266 e. The average Bonchev–Trinajstić information content (AvgIpc) is 2.97. The third-order valence-corrected chi connectivity index (χ3v) is 7.07. The fourth-order valence-corrected chi connectivity index (χ4v) is 5.60. The number of rotatable bonds is 3. The predicted octanol–water partition coefficient (Wildman–Crippen LogP) is 6.03. The van der Waals surface area contributed by atoms with Crippen molar-refractivity contribution in [3.63, 3.8) is 0 Å². The highest BCUT2D eigenvalue weighted by Crippen LogP contribution is 2.44. The van der Waals surface area contributed by atoms with Crippen LogP contribution in [0.2, 0.25) is 0 Å². The molecular weight excluding hydrogens is 390 g/mol. The molecule has 0 aliphatic carbocycles. The molecule has 4 nitrogen and oxygen atoms in total. The second-order valence-corrected chi connectivity index (χ2v) is 9.69. The Kier molecular flexibility index (Phi) is 5.49. The molecule has 1 saturated heterocycles. The van der Waals surface area contributed by atoms with Gasteiger partial charge in [0.1, 0.15) is 0 Å². The van der Waals surface area contributed by atoms with E-state index in [2.05, 4.69) is 55.8 Å². The molecule has 0 N–H and O–H groups in total. The van der Waals surface area contributed by atoms with Crippen LogP contribution in [0.5, 0.6) is 0 Å². The molecule has 5 heteroatoms. The highest BCUT2D eigenvalue weighted by atomic mass is 32.2. The summed E-state index contributed by atoms with van der Waals surface area (Å²) in [5, 5.41) is 0.711. The highest BCUT2D eigenvalue weighted by Gasteiger charge is 2.35. The normalized spacial score (nSPS) is 23.4. The van der Waals surface area contributed by atoms with Crippen LogP contribution in [0.1, 0.15) is 51.2 Å². The van der Waals surface area contributed by atoms with E-state index in [1.165, 1.54) is 23.0 Å². The molecule has 1 unspecified atom stereocenters. The number of anilines is 1. The minimum absolute atomic E-state index is 0.00299. The van der Waals surface area contributed by atoms with Crippen molar-refractivity contribution in [2.75, 3.05) is 18.5 Å². The number of carbonyl (C=O) groups excluding carboxylic acids is 1. The summed E-state index contributed by atoms with van der Waals surface area (Å²) in [5.41, 5.74) is 4.77. The fraction of sp³-hybridized carbons (Fsp3) is 0.360. The molecule has 0 aromatic heterocycles. The Bertz CT molecular complexity index is 1030. The van der Waals surface area contributed by atoms with Crippen LogP contribution < -0.4 is 4.90 Å². The lowest BCUT2D eigenvalue weighted by molar-refractivity contribution is -0.121. The van der Waals surface area contributed by atoms with Gasteiger partial charge >= 0.3 is 0 Å². The average molecular weight is 420 g/mol. The van der Waals surface area contributed by atoms with Crippen molar-refractivity contribution in [1.29, 1.82) is 0 Å². The molecule has 0 saturated carbocycles. The Morgan fingerprint density at radius 2 is 1.93 bits per heavy atom. The van der Waals surface area contributed by atoms with E-state index in [1.807, 2.05) is 36.4 Å². The van der Waals surface area contributed by atoms with E-state index in [0.29, 0.717) is 16.0 Å². The van der Waals surface area contributed by atoms with Gasteiger partial charge in [-0.3, -0.25) is 9.69 Å². The zero-order valence-electron chi connectivity index (χ0n) is 18.3. The SMILES string of the molecule is CCN1c2ccc(/C=C3\SC(=Nc4ccccc4)N(C)C3=O)cc2C(C)CC1(C)C. The molecule has 2 aromatic carbocycles. The minimum atomic E-state index is -0.00299. The predicted molar refractivity (Wildman–Crippen MR) is 128 cm³/mol. The molecule has 2 aliphatic heterocycles. The number of hydrogen-bond donors (Lipinski definition) is 0. The molecule has 2 aromatic rings. The molecule has 2 aliphatic rings. The van der Waals surface area contributed by atoms with E-state index in [-0.39, 0.29) is 11.4 Å². The maximum atomic E-state index is 12.8. The van der Waals surface area contributed by atoms with Gasteiger partial charge in [0.15, 0.2) is 5.17 Å². The number of amides is 1. The van der Waals surface area contributed by atoms with Crippen molar-refractivity contribution in [3.8, 4) is 0 Å². The van der Waals surface area contributed by atoms with Gasteiger partial charge < -0.3 is 4.90 Å². The lowest BCUT2D eigenvalue weighted by Gasteiger charge is -2.47. The molecule has 4 rings (SSSR count). The van der Waals surface area contributed by atoms with Crippen LogP contribution in [-0.4, -0.2) is 35.1 Å². The van der Waals surface area contributed by atoms with E-state index in [9.17, 15) is 4.79 Å². The van der Waals surface area contributed by atoms with Gasteiger partial charge in [0.05, 0.1) is 10.6 Å². The summed E-state index contributed by atoms with van der Waals surface area (Å²) in [7, 11) is 1.79. The summed E-state index contributed by atoms with van der Waals surface area (Å²) < 4.78 is 0. The molecule has 1 fully saturated rings. The number of thioether (sulfide) groups is 1. The zero-order valence-corrected chi connectivity index (χ0v) is 19.2. The number of hydrogen-bond acceptors (Lipinski definition) is 4. The van der Waals surface area contributed by atoms with Gasteiger partial charge in [-0.25, -0.2) is 4.99 Å². The molecule has 0 spiro atoms. The molecule has 0 radical (unpaired) electrons. The summed E-state index contributed by atoms with van der Waals surface area (Å²) in [4.78, 5) is 22.3. The van der Waals surface area contributed by atoms with Gasteiger partial charge in [0, 0.05) is 24.8 Å². The minimum Gasteiger partial charge on any atom is -0.366 e. The molecule has 156 valence electrons. The van der Waals surface area contributed by atoms with Gasteiger partial charge in [-0.1, -0.05) is 31.2 Å². The summed E-state index contributed by atoms with van der Waals surface area (Å²) in [6, 6.07) is 16.4. The van der Waals surface area contributed by atoms with E-state index < -0.39 is 0 Å². The number of amidine groups is 1. The first-order valence-corrected chi connectivity index (χ1v) is 11.3. The van der Waals surface area contributed by atoms with Crippen LogP contribution in [0.15, 0.2) is 58.4 Å². The molecule has 0 bridgehead atoms. The number of carbonyl (C=O) groups is 1. The maximum absolute atomic E-state index is 12.8. The van der Waals surface area contributed by atoms with Crippen LogP contribution in [0.4, 0.5) is 11.4 Å².